The summed E-state index contributed by atoms with van der Waals surface area (Å²) in [5, 5.41) is 22.8. The minimum atomic E-state index is -0.760. The molecule has 252 valence electrons. The van der Waals surface area contributed by atoms with Crippen molar-refractivity contribution in [3.8, 4) is 34.8 Å². The highest BCUT2D eigenvalue weighted by molar-refractivity contribution is 9.10. The number of esters is 1. The van der Waals surface area contributed by atoms with Gasteiger partial charge in [-0.3, -0.25) is 29.1 Å². The minimum absolute atomic E-state index is 0.0219. The number of imide groups is 1. The number of hydrogen-bond acceptors (Lipinski definition) is 11. The zero-order valence-electron chi connectivity index (χ0n) is 27.5. The van der Waals surface area contributed by atoms with Crippen LogP contribution in [0.15, 0.2) is 28.7 Å². The van der Waals surface area contributed by atoms with Gasteiger partial charge in [-0.25, -0.2) is 0 Å². The fourth-order valence-electron chi connectivity index (χ4n) is 8.88. The second-order valence-corrected chi connectivity index (χ2v) is 14.0. The van der Waals surface area contributed by atoms with Crippen LogP contribution in [0.25, 0.3) is 0 Å². The number of phenols is 1. The Labute approximate surface area is 290 Å². The maximum atomic E-state index is 13.8. The molecule has 5 aliphatic heterocycles. The van der Waals surface area contributed by atoms with E-state index in [0.29, 0.717) is 69.2 Å². The van der Waals surface area contributed by atoms with Crippen molar-refractivity contribution >= 4 is 33.7 Å². The molecule has 1 N–H and O–H groups in total. The number of phenolic OH excluding ortho intramolecular Hbond substituents is 1. The number of fused-ring (bicyclic) bond motifs is 10. The average Bonchev–Trinajstić information content (AvgIpc) is 3.66. The Kier molecular flexibility index (Phi) is 7.22. The van der Waals surface area contributed by atoms with Gasteiger partial charge >= 0.3 is 5.97 Å². The minimum Gasteiger partial charge on any atom is -0.504 e. The molecule has 2 unspecified atom stereocenters. The molecule has 5 aliphatic rings. The number of carbonyl (C=O) groups excluding carboxylic acids is 3. The third-order valence-electron chi connectivity index (χ3n) is 10.9. The van der Waals surface area contributed by atoms with Gasteiger partial charge in [0.15, 0.2) is 23.0 Å². The number of benzene rings is 3. The van der Waals surface area contributed by atoms with Crippen LogP contribution in [0.2, 0.25) is 0 Å². The molecule has 1 saturated heterocycles. The highest BCUT2D eigenvalue weighted by Crippen LogP contribution is 2.59. The van der Waals surface area contributed by atoms with Crippen LogP contribution in [0.1, 0.15) is 73.1 Å². The van der Waals surface area contributed by atoms with E-state index in [4.69, 9.17) is 18.9 Å². The first-order valence-corrected chi connectivity index (χ1v) is 16.8. The molecule has 2 amide bonds. The Morgan fingerprint density at radius 3 is 2.31 bits per heavy atom. The van der Waals surface area contributed by atoms with Crippen molar-refractivity contribution < 1.29 is 38.4 Å². The van der Waals surface area contributed by atoms with Gasteiger partial charge < -0.3 is 24.1 Å². The van der Waals surface area contributed by atoms with E-state index in [-0.39, 0.29) is 25.1 Å². The van der Waals surface area contributed by atoms with E-state index in [1.807, 2.05) is 14.0 Å². The number of aromatic hydroxyl groups is 1. The van der Waals surface area contributed by atoms with Gasteiger partial charge in [0.1, 0.15) is 11.8 Å². The first-order chi connectivity index (χ1) is 23.5. The molecule has 3 aromatic carbocycles. The summed E-state index contributed by atoms with van der Waals surface area (Å²) in [6.07, 6.45) is 0.736. The standard InChI is InChI=1S/C36H33BrN4O8/c1-15-28(37)20-10-22-24(12-38)41-23(29(39(22)4)27(20)30(43)32(15)46-5)11-21-26(34-33(47-14-48-34)16(2)31(21)49-17(3)42)25(41)13-40-35(44)18-8-6-7-9-19(18)36(40)45/h6-9,22-25,29,43H,10-11,13-14H2,1-5H3/t22-,23?,24?,25-,29-/m0/s1. The monoisotopic (exact) mass is 728 g/mol. The van der Waals surface area contributed by atoms with Crippen molar-refractivity contribution in [2.45, 2.75) is 63.8 Å². The Morgan fingerprint density at radius 1 is 1.02 bits per heavy atom. The molecule has 5 atom stereocenters. The summed E-state index contributed by atoms with van der Waals surface area (Å²) in [5.41, 5.74) is 4.80. The maximum Gasteiger partial charge on any atom is 0.308 e. The number of nitriles is 1. The number of ether oxygens (including phenoxy) is 4. The number of piperazine rings is 1. The van der Waals surface area contributed by atoms with Gasteiger partial charge in [-0.2, -0.15) is 5.26 Å². The van der Waals surface area contributed by atoms with E-state index in [1.54, 1.807) is 31.2 Å². The number of carbonyl (C=O) groups is 3. The topological polar surface area (TPSA) is 142 Å². The Hall–Kier alpha value is -4.64. The summed E-state index contributed by atoms with van der Waals surface area (Å²) in [5.74, 6) is 0.159. The molecule has 0 spiro atoms. The highest BCUT2D eigenvalue weighted by Gasteiger charge is 2.58. The lowest BCUT2D eigenvalue weighted by molar-refractivity contribution is -0.132. The molecule has 13 heteroatoms. The summed E-state index contributed by atoms with van der Waals surface area (Å²) in [4.78, 5) is 45.7. The summed E-state index contributed by atoms with van der Waals surface area (Å²) in [6.45, 7) is 4.82. The number of rotatable bonds is 4. The zero-order valence-corrected chi connectivity index (χ0v) is 29.1. The summed E-state index contributed by atoms with van der Waals surface area (Å²) in [7, 11) is 3.47. The molecule has 49 heavy (non-hydrogen) atoms. The molecule has 0 aliphatic carbocycles. The van der Waals surface area contributed by atoms with Gasteiger partial charge in [-0.05, 0) is 51.4 Å². The SMILES string of the molecule is COc1c(C)c(Br)c2c(c1O)[C@@H]1C3Cc4c(OC(C)=O)c(C)c5c(c4[C@H](CN4C(=O)c6ccccc6C4=O)N3C(C#N)[C@H](C2)N1C)OCO5. The van der Waals surface area contributed by atoms with Gasteiger partial charge in [0.25, 0.3) is 11.8 Å². The number of likely N-dealkylation sites (N-methyl/N-ethyl adjacent to an activating group) is 1. The predicted octanol–water partition coefficient (Wildman–Crippen LogP) is 4.50. The molecular weight excluding hydrogens is 696 g/mol. The van der Waals surface area contributed by atoms with Gasteiger partial charge in [0, 0.05) is 57.8 Å². The van der Waals surface area contributed by atoms with Crippen LogP contribution in [-0.4, -0.2) is 83.2 Å². The first-order valence-electron chi connectivity index (χ1n) is 16.0. The van der Waals surface area contributed by atoms with Crippen LogP contribution < -0.4 is 18.9 Å². The van der Waals surface area contributed by atoms with E-state index in [0.717, 1.165) is 15.6 Å². The smallest absolute Gasteiger partial charge is 0.308 e. The van der Waals surface area contributed by atoms with Crippen LogP contribution >= 0.6 is 15.9 Å². The zero-order chi connectivity index (χ0) is 34.6. The maximum absolute atomic E-state index is 13.8. The van der Waals surface area contributed by atoms with Crippen LogP contribution in [0.3, 0.4) is 0 Å². The van der Waals surface area contributed by atoms with Gasteiger partial charge in [0.05, 0.1) is 36.4 Å². The number of methoxy groups -OCH3 is 1. The Bertz CT molecular complexity index is 2020. The third-order valence-corrected chi connectivity index (χ3v) is 12.0. The number of halogens is 1. The van der Waals surface area contributed by atoms with Gasteiger partial charge in [0.2, 0.25) is 6.79 Å². The van der Waals surface area contributed by atoms with E-state index >= 15 is 0 Å². The largest absolute Gasteiger partial charge is 0.504 e. The Morgan fingerprint density at radius 2 is 1.67 bits per heavy atom. The normalized spacial score (nSPS) is 24.9. The van der Waals surface area contributed by atoms with Crippen molar-refractivity contribution in [1.82, 2.24) is 14.7 Å². The molecule has 5 heterocycles. The van der Waals surface area contributed by atoms with Crippen molar-refractivity contribution in [3.63, 3.8) is 0 Å². The van der Waals surface area contributed by atoms with Crippen LogP contribution in [0, 0.1) is 25.2 Å². The lowest BCUT2D eigenvalue weighted by Gasteiger charge is -2.60. The van der Waals surface area contributed by atoms with Crippen LogP contribution in [-0.2, 0) is 17.6 Å². The second kappa shape index (κ2) is 11.2. The summed E-state index contributed by atoms with van der Waals surface area (Å²) >= 11 is 3.78. The van der Waals surface area contributed by atoms with E-state index in [2.05, 4.69) is 31.8 Å². The molecule has 1 fully saturated rings. The molecule has 8 rings (SSSR count). The molecule has 0 aromatic heterocycles. The quantitative estimate of drug-likeness (QED) is 0.231. The van der Waals surface area contributed by atoms with Crippen LogP contribution in [0.5, 0.6) is 28.7 Å². The van der Waals surface area contributed by atoms with Crippen molar-refractivity contribution in [2.75, 3.05) is 27.5 Å². The van der Waals surface area contributed by atoms with Gasteiger partial charge in [-0.1, -0.05) is 28.1 Å². The summed E-state index contributed by atoms with van der Waals surface area (Å²) in [6, 6.07) is 6.55. The first kappa shape index (κ1) is 31.6. The molecule has 0 radical (unpaired) electrons. The summed E-state index contributed by atoms with van der Waals surface area (Å²) < 4.78 is 24.4. The fraction of sp³-hybridized carbons (Fsp3) is 0.389. The molecular formula is C36H33BrN4O8. The van der Waals surface area contributed by atoms with Crippen molar-refractivity contribution in [2.24, 2.45) is 0 Å². The molecule has 0 saturated carbocycles. The fourth-order valence-corrected chi connectivity index (χ4v) is 9.44. The van der Waals surface area contributed by atoms with E-state index < -0.39 is 42.0 Å². The van der Waals surface area contributed by atoms with Crippen molar-refractivity contribution in [1.29, 1.82) is 5.26 Å². The van der Waals surface area contributed by atoms with E-state index in [1.165, 1.54) is 18.9 Å². The predicted molar refractivity (Wildman–Crippen MR) is 177 cm³/mol. The average molecular weight is 730 g/mol. The lowest BCUT2D eigenvalue weighted by atomic mass is 9.71. The number of nitrogens with zero attached hydrogens (tertiary/aromatic N) is 4. The molecule has 3 aromatic rings. The van der Waals surface area contributed by atoms with Gasteiger partial charge in [-0.15, -0.1) is 0 Å². The molecule has 2 bridgehead atoms. The van der Waals surface area contributed by atoms with Crippen molar-refractivity contribution in [3.05, 3.63) is 73.2 Å². The highest BCUT2D eigenvalue weighted by atomic mass is 79.9. The third kappa shape index (κ3) is 4.23. The molecule has 12 nitrogen and oxygen atoms in total. The number of amides is 2. The second-order valence-electron chi connectivity index (χ2n) is 13.2. The number of hydrogen-bond donors (Lipinski definition) is 1. The Balaban J connectivity index is 1.39. The van der Waals surface area contributed by atoms with Crippen LogP contribution in [0.4, 0.5) is 0 Å². The lowest BCUT2D eigenvalue weighted by Crippen LogP contribution is -2.69. The van der Waals surface area contributed by atoms with E-state index in [9.17, 15) is 24.8 Å².